The van der Waals surface area contributed by atoms with Crippen LogP contribution in [0.1, 0.15) is 46.5 Å². The number of hydrogen-bond donors (Lipinski definition) is 0. The van der Waals surface area contributed by atoms with E-state index in [4.69, 9.17) is 0 Å². The maximum atomic E-state index is 11.8. The lowest BCUT2D eigenvalue weighted by Crippen LogP contribution is -2.45. The molecule has 2 heteroatoms. The molecule has 0 aromatic heterocycles. The second kappa shape index (κ2) is 3.54. The lowest BCUT2D eigenvalue weighted by molar-refractivity contribution is -0.123. The average molecular weight is 220 g/mol. The van der Waals surface area contributed by atoms with E-state index in [1.165, 1.54) is 12.8 Å². The van der Waals surface area contributed by atoms with Crippen LogP contribution in [-0.4, -0.2) is 12.1 Å². The number of hydrogen-bond acceptors (Lipinski definition) is 2. The Hall–Kier alpha value is -0.920. The van der Waals surface area contributed by atoms with Crippen LogP contribution >= 0.6 is 0 Å². The molecular weight excluding hydrogens is 200 g/mol. The van der Waals surface area contributed by atoms with Crippen LogP contribution in [0.25, 0.3) is 0 Å². The minimum atomic E-state index is 0.0347. The Morgan fingerprint density at radius 1 is 1.31 bits per heavy atom. The van der Waals surface area contributed by atoms with Gasteiger partial charge in [-0.05, 0) is 29.6 Å². The molecule has 2 atom stereocenters. The quantitative estimate of drug-likeness (QED) is 0.503. The molecule has 1 fully saturated rings. The Morgan fingerprint density at radius 3 is 2.62 bits per heavy atom. The zero-order valence-electron chi connectivity index (χ0n) is 10.4. The van der Waals surface area contributed by atoms with Crippen molar-refractivity contribution in [3.63, 3.8) is 0 Å². The minimum absolute atomic E-state index is 0.0347. The monoisotopic (exact) mass is 220 g/mol. The summed E-state index contributed by atoms with van der Waals surface area (Å²) in [4.78, 5) is 22.7. The summed E-state index contributed by atoms with van der Waals surface area (Å²) in [5.41, 5.74) is 0.663. The van der Waals surface area contributed by atoms with E-state index in [-0.39, 0.29) is 16.6 Å². The van der Waals surface area contributed by atoms with E-state index in [1.807, 2.05) is 6.08 Å². The Balaban J connectivity index is 2.43. The fraction of sp³-hybridized carbons (Fsp3) is 0.714. The summed E-state index contributed by atoms with van der Waals surface area (Å²) in [6.45, 7) is 6.71. The molecule has 0 spiro atoms. The fourth-order valence-corrected chi connectivity index (χ4v) is 3.69. The summed E-state index contributed by atoms with van der Waals surface area (Å²) in [5.74, 6) is 0.428. The smallest absolute Gasteiger partial charge is 0.166 e. The highest BCUT2D eigenvalue weighted by Crippen LogP contribution is 2.55. The van der Waals surface area contributed by atoms with Crippen LogP contribution in [0.4, 0.5) is 0 Å². The van der Waals surface area contributed by atoms with Crippen LogP contribution in [0.5, 0.6) is 0 Å². The Labute approximate surface area is 97.1 Å². The lowest BCUT2D eigenvalue weighted by Gasteiger charge is -2.51. The maximum Gasteiger partial charge on any atom is 0.166 e. The van der Waals surface area contributed by atoms with Gasteiger partial charge in [-0.2, -0.15) is 0 Å². The van der Waals surface area contributed by atoms with Gasteiger partial charge in [-0.15, -0.1) is 0 Å². The van der Waals surface area contributed by atoms with Crippen molar-refractivity contribution < 1.29 is 9.59 Å². The van der Waals surface area contributed by atoms with Crippen molar-refractivity contribution in [1.82, 2.24) is 0 Å². The van der Waals surface area contributed by atoms with Crippen molar-refractivity contribution >= 4 is 12.1 Å². The number of carbonyl (C=O) groups is 2. The van der Waals surface area contributed by atoms with Crippen LogP contribution < -0.4 is 0 Å². The first-order chi connectivity index (χ1) is 7.39. The molecule has 0 N–H and O–H groups in total. The summed E-state index contributed by atoms with van der Waals surface area (Å²) in [6, 6.07) is 0. The summed E-state index contributed by atoms with van der Waals surface area (Å²) in [5, 5.41) is 0. The van der Waals surface area contributed by atoms with Crippen LogP contribution in [0, 0.1) is 16.7 Å². The van der Waals surface area contributed by atoms with Gasteiger partial charge >= 0.3 is 0 Å². The standard InChI is InChI=1S/C14H20O2/c1-13(2)5-4-6-14(3)8-10(9-15)11(16)7-12(13)14/h8-9,12H,4-7H2,1-3H3/t12-,14-/m0/s1. The van der Waals surface area contributed by atoms with Crippen molar-refractivity contribution in [2.75, 3.05) is 0 Å². The van der Waals surface area contributed by atoms with E-state index in [1.54, 1.807) is 0 Å². The molecule has 2 aliphatic carbocycles. The van der Waals surface area contributed by atoms with E-state index in [2.05, 4.69) is 20.8 Å². The van der Waals surface area contributed by atoms with Gasteiger partial charge < -0.3 is 0 Å². The third kappa shape index (κ3) is 1.64. The minimum Gasteiger partial charge on any atom is -0.298 e. The summed E-state index contributed by atoms with van der Waals surface area (Å²) in [6.07, 6.45) is 6.70. The predicted molar refractivity (Wildman–Crippen MR) is 63.0 cm³/mol. The fourth-order valence-electron chi connectivity index (χ4n) is 3.69. The normalized spacial score (nSPS) is 37.6. The van der Waals surface area contributed by atoms with Gasteiger partial charge in [0.05, 0.1) is 5.57 Å². The van der Waals surface area contributed by atoms with Crippen molar-refractivity contribution in [2.24, 2.45) is 16.7 Å². The van der Waals surface area contributed by atoms with Crippen molar-refractivity contribution in [1.29, 1.82) is 0 Å². The molecule has 0 heterocycles. The first-order valence-electron chi connectivity index (χ1n) is 6.10. The molecule has 0 amide bonds. The summed E-state index contributed by atoms with van der Waals surface area (Å²) >= 11 is 0. The molecule has 0 radical (unpaired) electrons. The van der Waals surface area contributed by atoms with Gasteiger partial charge in [-0.3, -0.25) is 9.59 Å². The van der Waals surface area contributed by atoms with E-state index in [9.17, 15) is 9.59 Å². The highest BCUT2D eigenvalue weighted by molar-refractivity contribution is 6.12. The zero-order chi connectivity index (χ0) is 12.0. The van der Waals surface area contributed by atoms with Crippen LogP contribution in [0.3, 0.4) is 0 Å². The Kier molecular flexibility index (Phi) is 2.56. The summed E-state index contributed by atoms with van der Waals surface area (Å²) in [7, 11) is 0. The number of fused-ring (bicyclic) bond motifs is 1. The first-order valence-corrected chi connectivity index (χ1v) is 6.10. The average Bonchev–Trinajstić information content (AvgIpc) is 2.19. The molecule has 16 heavy (non-hydrogen) atoms. The molecule has 88 valence electrons. The molecular formula is C14H20O2. The van der Waals surface area contributed by atoms with E-state index < -0.39 is 0 Å². The maximum absolute atomic E-state index is 11.8. The zero-order valence-corrected chi connectivity index (χ0v) is 10.4. The predicted octanol–water partition coefficient (Wildman–Crippen LogP) is 2.92. The first kappa shape index (κ1) is 11.6. The Morgan fingerprint density at radius 2 is 2.00 bits per heavy atom. The molecule has 2 rings (SSSR count). The van der Waals surface area contributed by atoms with Crippen molar-refractivity contribution in [3.8, 4) is 0 Å². The molecule has 0 unspecified atom stereocenters. The molecule has 0 aromatic rings. The number of rotatable bonds is 1. The highest BCUT2D eigenvalue weighted by atomic mass is 16.1. The lowest BCUT2D eigenvalue weighted by atomic mass is 9.53. The van der Waals surface area contributed by atoms with Gasteiger partial charge in [0.2, 0.25) is 0 Å². The molecule has 1 saturated carbocycles. The number of ketones is 1. The molecule has 0 aliphatic heterocycles. The second-order valence-electron chi connectivity index (χ2n) is 6.25. The summed E-state index contributed by atoms with van der Waals surface area (Å²) < 4.78 is 0. The van der Waals surface area contributed by atoms with Gasteiger partial charge in [0.15, 0.2) is 12.1 Å². The van der Waals surface area contributed by atoms with Gasteiger partial charge in [0, 0.05) is 6.42 Å². The van der Waals surface area contributed by atoms with Gasteiger partial charge in [-0.25, -0.2) is 0 Å². The van der Waals surface area contributed by atoms with Crippen molar-refractivity contribution in [2.45, 2.75) is 46.5 Å². The third-order valence-corrected chi connectivity index (χ3v) is 4.60. The van der Waals surface area contributed by atoms with Crippen molar-refractivity contribution in [3.05, 3.63) is 11.6 Å². The Bertz CT molecular complexity index is 365. The van der Waals surface area contributed by atoms with E-state index in [0.29, 0.717) is 17.9 Å². The second-order valence-corrected chi connectivity index (χ2v) is 6.25. The number of carbonyl (C=O) groups excluding carboxylic acids is 2. The van der Waals surface area contributed by atoms with Gasteiger partial charge in [-0.1, -0.05) is 33.3 Å². The molecule has 0 saturated heterocycles. The highest BCUT2D eigenvalue weighted by Gasteiger charge is 2.48. The van der Waals surface area contributed by atoms with Crippen LogP contribution in [0.2, 0.25) is 0 Å². The number of aldehydes is 1. The number of allylic oxidation sites excluding steroid dienone is 2. The molecule has 2 aliphatic rings. The number of Topliss-reactive ketones (excluding diaryl/α,β-unsaturated/α-hetero) is 1. The van der Waals surface area contributed by atoms with Crippen LogP contribution in [0.15, 0.2) is 11.6 Å². The SMILES string of the molecule is CC1(C)CCC[C@@]2(C)C=C(C=O)C(=O)C[C@@H]12. The molecule has 0 bridgehead atoms. The van der Waals surface area contributed by atoms with Crippen LogP contribution in [-0.2, 0) is 9.59 Å². The molecule has 0 aromatic carbocycles. The van der Waals surface area contributed by atoms with E-state index in [0.717, 1.165) is 12.7 Å². The largest absolute Gasteiger partial charge is 0.298 e. The van der Waals surface area contributed by atoms with Gasteiger partial charge in [0.25, 0.3) is 0 Å². The third-order valence-electron chi connectivity index (χ3n) is 4.60. The topological polar surface area (TPSA) is 34.1 Å². The van der Waals surface area contributed by atoms with E-state index >= 15 is 0 Å². The molecule has 2 nitrogen and oxygen atoms in total. The van der Waals surface area contributed by atoms with Gasteiger partial charge in [0.1, 0.15) is 0 Å².